The van der Waals surface area contributed by atoms with Crippen molar-refractivity contribution in [3.63, 3.8) is 0 Å². The van der Waals surface area contributed by atoms with Gasteiger partial charge in [-0.15, -0.1) is 0 Å². The molecule has 0 aliphatic carbocycles. The molecule has 0 saturated heterocycles. The summed E-state index contributed by atoms with van der Waals surface area (Å²) in [7, 11) is -5.01. The summed E-state index contributed by atoms with van der Waals surface area (Å²) in [5, 5.41) is 0. The van der Waals surface area contributed by atoms with Gasteiger partial charge in [-0.2, -0.15) is 0 Å². The Morgan fingerprint density at radius 2 is 0.902 bits per heavy atom. The average Bonchev–Trinajstić information content (AvgIpc) is 3.10. The number of benzene rings is 1. The van der Waals surface area contributed by atoms with Crippen molar-refractivity contribution in [2.75, 3.05) is 13.2 Å². The van der Waals surface area contributed by atoms with E-state index in [0.29, 0.717) is 12.8 Å². The van der Waals surface area contributed by atoms with Crippen LogP contribution in [0.25, 0.3) is 0 Å². The number of hydrogen-bond acceptors (Lipinski definition) is 7. The number of esters is 2. The summed E-state index contributed by atoms with van der Waals surface area (Å²) in [4.78, 5) is 25.1. The first-order valence-corrected chi connectivity index (χ1v) is 21.5. The summed E-state index contributed by atoms with van der Waals surface area (Å²) in [5.41, 5.74) is -0.787. The molecule has 0 amide bonds. The third-order valence-electron chi connectivity index (χ3n) is 9.00. The van der Waals surface area contributed by atoms with Gasteiger partial charge in [-0.3, -0.25) is 0 Å². The van der Waals surface area contributed by atoms with Crippen LogP contribution in [0.15, 0.2) is 47.4 Å². The molecule has 0 spiro atoms. The molecule has 0 heterocycles. The smallest absolute Gasteiger partial charge is 0.744 e. The second-order valence-electron chi connectivity index (χ2n) is 13.6. The van der Waals surface area contributed by atoms with Crippen LogP contribution < -0.4 is 51.4 Å². The zero-order valence-corrected chi connectivity index (χ0v) is 36.5. The summed E-state index contributed by atoms with van der Waals surface area (Å²) >= 11 is 0. The van der Waals surface area contributed by atoms with Gasteiger partial charge in [-0.1, -0.05) is 147 Å². The minimum absolute atomic E-state index is 0. The Balaban J connectivity index is 0.0000250. The fourth-order valence-electron chi connectivity index (χ4n) is 5.95. The number of rotatable bonds is 33. The number of ether oxygens (including phenoxy) is 2. The average molecular weight is 757 g/mol. The summed E-state index contributed by atoms with van der Waals surface area (Å²) in [5.74, 6) is -1.82. The minimum atomic E-state index is -5.01. The minimum Gasteiger partial charge on any atom is -0.744 e. The predicted octanol–water partition coefficient (Wildman–Crippen LogP) is 9.20. The van der Waals surface area contributed by atoms with Gasteiger partial charge in [0.15, 0.2) is 0 Å². The molecule has 7 nitrogen and oxygen atoms in total. The topological polar surface area (TPSA) is 110 Å². The van der Waals surface area contributed by atoms with Crippen LogP contribution >= 0.6 is 0 Å². The van der Waals surface area contributed by atoms with Crippen LogP contribution in [0.1, 0.15) is 202 Å². The Hall–Kier alpha value is -0.814. The maximum Gasteiger partial charge on any atom is 1.00 e. The van der Waals surface area contributed by atoms with Gasteiger partial charge in [0, 0.05) is 0 Å². The molecule has 9 heteroatoms. The van der Waals surface area contributed by atoms with E-state index < -0.39 is 32.5 Å². The number of hydrogen-bond donors (Lipinski definition) is 0. The van der Waals surface area contributed by atoms with Gasteiger partial charge in [0.1, 0.15) is 10.1 Å². The Morgan fingerprint density at radius 3 is 1.29 bits per heavy atom. The van der Waals surface area contributed by atoms with Crippen LogP contribution in [0, 0.1) is 0 Å². The van der Waals surface area contributed by atoms with Crippen LogP contribution in [0.2, 0.25) is 0 Å². The van der Waals surface area contributed by atoms with E-state index in [-0.39, 0.29) is 70.2 Å². The molecule has 1 aromatic rings. The van der Waals surface area contributed by atoms with Crippen LogP contribution in [0.4, 0.5) is 0 Å². The van der Waals surface area contributed by atoms with Crippen molar-refractivity contribution in [3.05, 3.63) is 53.6 Å². The molecule has 1 rings (SSSR count). The quantitative estimate of drug-likeness (QED) is 0.0231. The monoisotopic (exact) mass is 756 g/mol. The fraction of sp³-hybridized carbons (Fsp3) is 0.714. The van der Waals surface area contributed by atoms with Crippen molar-refractivity contribution < 1.29 is 83.4 Å². The van der Waals surface area contributed by atoms with Crippen LogP contribution in [0.5, 0.6) is 0 Å². The van der Waals surface area contributed by atoms with Crippen molar-refractivity contribution in [1.82, 2.24) is 0 Å². The molecule has 0 atom stereocenters. The fourth-order valence-corrected chi connectivity index (χ4v) is 6.63. The van der Waals surface area contributed by atoms with Gasteiger partial charge in [-0.25, -0.2) is 18.0 Å². The van der Waals surface area contributed by atoms with E-state index in [9.17, 15) is 22.6 Å². The van der Waals surface area contributed by atoms with Crippen molar-refractivity contribution in [3.8, 4) is 0 Å². The molecular weight excluding hydrogens is 688 g/mol. The van der Waals surface area contributed by atoms with Crippen molar-refractivity contribution in [2.45, 2.75) is 186 Å². The van der Waals surface area contributed by atoms with E-state index in [4.69, 9.17) is 9.47 Å². The third-order valence-corrected chi connectivity index (χ3v) is 9.88. The number of unbranched alkanes of at least 4 members (excludes halogenated alkanes) is 22. The van der Waals surface area contributed by atoms with Gasteiger partial charge in [0.2, 0.25) is 0 Å². The van der Waals surface area contributed by atoms with Crippen molar-refractivity contribution in [2.24, 2.45) is 0 Å². The van der Waals surface area contributed by atoms with Crippen LogP contribution in [-0.2, 0) is 19.6 Å². The summed E-state index contributed by atoms with van der Waals surface area (Å²) < 4.78 is 46.6. The number of carbonyl (C=O) groups excluding carboxylic acids is 2. The molecule has 286 valence electrons. The second-order valence-corrected chi connectivity index (χ2v) is 14.9. The molecule has 51 heavy (non-hydrogen) atoms. The standard InChI is InChI=1S/C42H70O7S.K/c1-3-5-7-9-11-13-15-17-19-21-23-25-27-29-31-36-48-41(43)38-34-33-35-39(50(45,46)47)40(38)42(44)49-37-32-30-28-26-24-22-20-18-16-14-12-10-8-6-4-2;/h11-14,33-35H,3-10,15-32,36-37H2,1-2H3,(H,45,46,47);/q;+1/p-1/b13-11+,14-12+;. The molecule has 0 radical (unpaired) electrons. The molecule has 0 saturated carbocycles. The van der Waals surface area contributed by atoms with E-state index in [1.165, 1.54) is 121 Å². The maximum atomic E-state index is 13.0. The Kier molecular flexibility index (Phi) is 34.4. The summed E-state index contributed by atoms with van der Waals surface area (Å²) in [6, 6.07) is 3.61. The van der Waals surface area contributed by atoms with E-state index in [2.05, 4.69) is 38.2 Å². The van der Waals surface area contributed by atoms with Crippen molar-refractivity contribution >= 4 is 22.1 Å². The molecule has 0 aromatic heterocycles. The number of carbonyl (C=O) groups is 2. The third kappa shape index (κ3) is 27.4. The zero-order valence-electron chi connectivity index (χ0n) is 32.6. The molecule has 0 fully saturated rings. The maximum absolute atomic E-state index is 13.0. The molecule has 0 bridgehead atoms. The Labute approximate surface area is 354 Å². The van der Waals surface area contributed by atoms with Crippen LogP contribution in [-0.4, -0.2) is 38.1 Å². The normalized spacial score (nSPS) is 11.7. The van der Waals surface area contributed by atoms with Gasteiger partial charge < -0.3 is 14.0 Å². The molecule has 0 unspecified atom stereocenters. The predicted molar refractivity (Wildman–Crippen MR) is 205 cm³/mol. The van der Waals surface area contributed by atoms with Gasteiger partial charge in [0.25, 0.3) is 0 Å². The van der Waals surface area contributed by atoms with Crippen LogP contribution in [0.3, 0.4) is 0 Å². The molecular formula is C42H69KO7S. The van der Waals surface area contributed by atoms with Gasteiger partial charge in [-0.05, 0) is 76.3 Å². The summed E-state index contributed by atoms with van der Waals surface area (Å²) in [6.45, 7) is 4.69. The van der Waals surface area contributed by atoms with Crippen molar-refractivity contribution in [1.29, 1.82) is 0 Å². The van der Waals surface area contributed by atoms with Gasteiger partial charge >= 0.3 is 63.3 Å². The summed E-state index contributed by atoms with van der Waals surface area (Å²) in [6.07, 6.45) is 38.9. The van der Waals surface area contributed by atoms with E-state index in [1.807, 2.05) is 0 Å². The largest absolute Gasteiger partial charge is 1.00 e. The molecule has 0 aliphatic heterocycles. The molecule has 0 aliphatic rings. The first-order valence-electron chi connectivity index (χ1n) is 20.1. The first kappa shape index (κ1) is 50.2. The zero-order chi connectivity index (χ0) is 36.5. The number of allylic oxidation sites excluding steroid dienone is 4. The second kappa shape index (κ2) is 34.9. The van der Waals surface area contributed by atoms with E-state index in [0.717, 1.165) is 51.0 Å². The molecule has 0 N–H and O–H groups in total. The van der Waals surface area contributed by atoms with Gasteiger partial charge in [0.05, 0.1) is 29.2 Å². The SMILES string of the molecule is CCCCC/C=C/CCCCCCCCCCOC(=O)c1cccc(S(=O)(=O)[O-])c1C(=O)OCCCCCCCCCC/C=C/CCCCC.[K+]. The Morgan fingerprint density at radius 1 is 0.549 bits per heavy atom. The van der Waals surface area contributed by atoms with E-state index in [1.54, 1.807) is 0 Å². The molecule has 1 aromatic carbocycles. The first-order chi connectivity index (χ1) is 24.3. The van der Waals surface area contributed by atoms with E-state index >= 15 is 0 Å². The Bertz CT molecular complexity index is 1180.